The van der Waals surface area contributed by atoms with Gasteiger partial charge in [0.25, 0.3) is 5.92 Å². The van der Waals surface area contributed by atoms with Crippen molar-refractivity contribution < 1.29 is 31.6 Å². The van der Waals surface area contributed by atoms with Gasteiger partial charge in [0.1, 0.15) is 11.4 Å². The number of alkyl halides is 4. The Hall–Kier alpha value is -2.47. The van der Waals surface area contributed by atoms with E-state index in [0.29, 0.717) is 0 Å². The molecule has 1 aliphatic carbocycles. The smallest absolute Gasteiger partial charge is 0.387 e. The van der Waals surface area contributed by atoms with Gasteiger partial charge in [-0.1, -0.05) is 0 Å². The SMILES string of the molecule is C[C@H]1[C@H](O)CN1c1nc(-c2ccc(OC(F)F)c(S(C)(=N)=O)c2)c2c(n1)C(F)(F)CC2. The third-order valence-corrected chi connectivity index (χ3v) is 6.73. The number of aliphatic hydroxyl groups is 1. The van der Waals surface area contributed by atoms with Crippen molar-refractivity contribution >= 4 is 15.7 Å². The van der Waals surface area contributed by atoms with Crippen LogP contribution in [0.5, 0.6) is 5.75 Å². The summed E-state index contributed by atoms with van der Waals surface area (Å²) in [4.78, 5) is 9.80. The van der Waals surface area contributed by atoms with E-state index < -0.39 is 46.2 Å². The maximum atomic E-state index is 14.5. The molecule has 0 bridgehead atoms. The zero-order valence-electron chi connectivity index (χ0n) is 16.6. The van der Waals surface area contributed by atoms with Crippen molar-refractivity contribution in [1.29, 1.82) is 4.78 Å². The number of nitrogens with one attached hydrogen (secondary N) is 1. The van der Waals surface area contributed by atoms with E-state index in [1.807, 2.05) is 0 Å². The molecule has 1 fully saturated rings. The molecule has 2 aromatic rings. The lowest BCUT2D eigenvalue weighted by atomic mass is 10.0. The second-order valence-electron chi connectivity index (χ2n) is 7.75. The van der Waals surface area contributed by atoms with Crippen LogP contribution in [0.4, 0.5) is 23.5 Å². The molecule has 0 radical (unpaired) electrons. The third kappa shape index (κ3) is 3.82. The normalized spacial score (nSPS) is 23.9. The van der Waals surface area contributed by atoms with E-state index in [0.717, 1.165) is 12.3 Å². The van der Waals surface area contributed by atoms with Gasteiger partial charge in [-0.15, -0.1) is 0 Å². The van der Waals surface area contributed by atoms with Gasteiger partial charge in [-0.05, 0) is 31.5 Å². The van der Waals surface area contributed by atoms with Crippen LogP contribution in [0.15, 0.2) is 23.1 Å². The first-order valence-electron chi connectivity index (χ1n) is 9.45. The highest BCUT2D eigenvalue weighted by Crippen LogP contribution is 2.45. The molecule has 1 aromatic heterocycles. The summed E-state index contributed by atoms with van der Waals surface area (Å²) in [6, 6.07) is 3.33. The zero-order chi connectivity index (χ0) is 22.7. The molecule has 2 N–H and O–H groups in total. The van der Waals surface area contributed by atoms with Crippen molar-refractivity contribution in [3.8, 4) is 17.0 Å². The number of aliphatic hydroxyl groups excluding tert-OH is 1. The summed E-state index contributed by atoms with van der Waals surface area (Å²) in [5, 5.41) is 9.79. The molecule has 1 unspecified atom stereocenters. The summed E-state index contributed by atoms with van der Waals surface area (Å²) in [7, 11) is -3.48. The topological polar surface area (TPSA) is 99.4 Å². The number of aromatic nitrogens is 2. The second kappa shape index (κ2) is 7.30. The third-order valence-electron chi connectivity index (χ3n) is 5.57. The Balaban J connectivity index is 1.89. The summed E-state index contributed by atoms with van der Waals surface area (Å²) in [6.45, 7) is -1.28. The molecule has 1 aliphatic heterocycles. The first kappa shape index (κ1) is 21.8. The predicted molar refractivity (Wildman–Crippen MR) is 104 cm³/mol. The predicted octanol–water partition coefficient (Wildman–Crippen LogP) is 3.39. The first-order chi connectivity index (χ1) is 14.4. The van der Waals surface area contributed by atoms with E-state index in [2.05, 4.69) is 14.7 Å². The number of rotatable bonds is 5. The van der Waals surface area contributed by atoms with Gasteiger partial charge >= 0.3 is 6.61 Å². The standard InChI is InChI=1S/C19H20F4N4O3S/c1-9-12(28)8-27(9)18-25-15(11-5-6-19(22,23)16(11)26-18)10-3-4-13(30-17(20)21)14(7-10)31(2,24)29/h3-4,7,9,12,17,24,28H,5-6,8H2,1-2H3/t9-,12+,31?/m0/s1. The Labute approximate surface area is 176 Å². The molecule has 0 saturated carbocycles. The molecule has 2 aliphatic rings. The van der Waals surface area contributed by atoms with Crippen LogP contribution in [0.3, 0.4) is 0 Å². The van der Waals surface area contributed by atoms with Crippen molar-refractivity contribution in [2.75, 3.05) is 17.7 Å². The van der Waals surface area contributed by atoms with Crippen LogP contribution in [0, 0.1) is 4.78 Å². The Kier molecular flexibility index (Phi) is 5.12. The average Bonchev–Trinajstić information content (AvgIpc) is 2.99. The summed E-state index contributed by atoms with van der Waals surface area (Å²) in [5.41, 5.74) is 0.186. The monoisotopic (exact) mass is 460 g/mol. The van der Waals surface area contributed by atoms with Crippen molar-refractivity contribution in [2.24, 2.45) is 0 Å². The summed E-state index contributed by atoms with van der Waals surface area (Å²) in [6.07, 6.45) is -0.0272. The molecule has 1 saturated heterocycles. The number of fused-ring (bicyclic) bond motifs is 1. The van der Waals surface area contributed by atoms with Crippen molar-refractivity contribution in [2.45, 2.75) is 49.3 Å². The fourth-order valence-electron chi connectivity index (χ4n) is 3.79. The van der Waals surface area contributed by atoms with Crippen molar-refractivity contribution in [3.63, 3.8) is 0 Å². The number of hydrogen-bond donors (Lipinski definition) is 2. The van der Waals surface area contributed by atoms with Crippen LogP contribution < -0.4 is 9.64 Å². The summed E-state index contributed by atoms with van der Waals surface area (Å²) in [5.74, 6) is -3.56. The van der Waals surface area contributed by atoms with Gasteiger partial charge in [0.05, 0.1) is 32.5 Å². The number of benzene rings is 1. The molecule has 168 valence electrons. The van der Waals surface area contributed by atoms with Crippen LogP contribution in [0.1, 0.15) is 24.6 Å². The number of hydrogen-bond acceptors (Lipinski definition) is 7. The van der Waals surface area contributed by atoms with Crippen LogP contribution in [0.2, 0.25) is 0 Å². The molecular weight excluding hydrogens is 440 g/mol. The number of nitrogens with zero attached hydrogens (tertiary/aromatic N) is 3. The minimum atomic E-state index is -3.48. The average molecular weight is 460 g/mol. The van der Waals surface area contributed by atoms with Gasteiger partial charge in [-0.2, -0.15) is 17.6 Å². The first-order valence-corrected chi connectivity index (χ1v) is 11.4. The second-order valence-corrected chi connectivity index (χ2v) is 9.87. The van der Waals surface area contributed by atoms with Gasteiger partial charge in [0, 0.05) is 30.3 Å². The Morgan fingerprint density at radius 2 is 2.06 bits per heavy atom. The van der Waals surface area contributed by atoms with Gasteiger partial charge in [0.2, 0.25) is 5.95 Å². The van der Waals surface area contributed by atoms with E-state index in [1.54, 1.807) is 11.8 Å². The van der Waals surface area contributed by atoms with Crippen LogP contribution in [-0.4, -0.2) is 50.8 Å². The Morgan fingerprint density at radius 1 is 1.35 bits per heavy atom. The van der Waals surface area contributed by atoms with Gasteiger partial charge < -0.3 is 14.7 Å². The summed E-state index contributed by atoms with van der Waals surface area (Å²) >= 11 is 0. The van der Waals surface area contributed by atoms with E-state index in [4.69, 9.17) is 4.78 Å². The highest BCUT2D eigenvalue weighted by Gasteiger charge is 2.45. The molecular formula is C19H20F4N4O3S. The van der Waals surface area contributed by atoms with E-state index in [-0.39, 0.29) is 46.7 Å². The zero-order valence-corrected chi connectivity index (χ0v) is 17.4. The lowest BCUT2D eigenvalue weighted by Gasteiger charge is -2.43. The number of ether oxygens (including phenoxy) is 1. The highest BCUT2D eigenvalue weighted by molar-refractivity contribution is 7.91. The van der Waals surface area contributed by atoms with Crippen molar-refractivity contribution in [3.05, 3.63) is 29.5 Å². The molecule has 4 rings (SSSR count). The van der Waals surface area contributed by atoms with E-state index in [9.17, 15) is 26.9 Å². The minimum absolute atomic E-state index is 0.00309. The maximum absolute atomic E-state index is 14.5. The minimum Gasteiger partial charge on any atom is -0.434 e. The van der Waals surface area contributed by atoms with Gasteiger partial charge in [-0.25, -0.2) is 19.0 Å². The molecule has 1 aromatic carbocycles. The largest absolute Gasteiger partial charge is 0.434 e. The number of anilines is 1. The number of β-amino-alcohol motifs (C(OH)–C–C–N with tert-alkyl or cyclic N) is 1. The quantitative estimate of drug-likeness (QED) is 0.664. The van der Waals surface area contributed by atoms with Crippen LogP contribution in [-0.2, 0) is 22.1 Å². The lowest BCUT2D eigenvalue weighted by molar-refractivity contribution is -0.0517. The molecule has 31 heavy (non-hydrogen) atoms. The van der Waals surface area contributed by atoms with E-state index >= 15 is 0 Å². The van der Waals surface area contributed by atoms with Crippen LogP contribution >= 0.6 is 0 Å². The molecule has 0 amide bonds. The fraction of sp³-hybridized carbons (Fsp3) is 0.474. The molecule has 12 heteroatoms. The van der Waals surface area contributed by atoms with Gasteiger partial charge in [-0.3, -0.25) is 0 Å². The van der Waals surface area contributed by atoms with Crippen LogP contribution in [0.25, 0.3) is 11.3 Å². The molecule has 0 spiro atoms. The summed E-state index contributed by atoms with van der Waals surface area (Å²) < 4.78 is 79.1. The highest BCUT2D eigenvalue weighted by atomic mass is 32.2. The van der Waals surface area contributed by atoms with Gasteiger partial charge in [0.15, 0.2) is 0 Å². The molecule has 2 heterocycles. The Bertz CT molecular complexity index is 1140. The molecule has 7 nitrogen and oxygen atoms in total. The fourth-order valence-corrected chi connectivity index (χ4v) is 4.64. The molecule has 3 atom stereocenters. The maximum Gasteiger partial charge on any atom is 0.387 e. The number of halogens is 4. The lowest BCUT2D eigenvalue weighted by Crippen LogP contribution is -2.59. The van der Waals surface area contributed by atoms with E-state index in [1.165, 1.54) is 12.1 Å². The van der Waals surface area contributed by atoms with Crippen molar-refractivity contribution in [1.82, 2.24) is 9.97 Å². The Morgan fingerprint density at radius 3 is 2.65 bits per heavy atom.